The van der Waals surface area contributed by atoms with Crippen molar-refractivity contribution < 1.29 is 19.7 Å². The molecule has 0 bridgehead atoms. The standard InChI is InChI=1S/C13H19NO4/c1-8(2)7-14-12(13(16)17)9-4-5-10(15)11(6-9)18-3/h4-6,8,12,14-15H,7H2,1-3H3,(H,16,17). The third kappa shape index (κ3) is 3.63. The molecule has 1 aromatic rings. The smallest absolute Gasteiger partial charge is 0.325 e. The molecule has 0 aromatic heterocycles. The molecular weight excluding hydrogens is 234 g/mol. The van der Waals surface area contributed by atoms with Crippen LogP contribution >= 0.6 is 0 Å². The molecule has 1 rings (SSSR count). The Kier molecular flexibility index (Phi) is 4.97. The minimum absolute atomic E-state index is 0.00533. The van der Waals surface area contributed by atoms with Gasteiger partial charge in [0.05, 0.1) is 7.11 Å². The number of phenolic OH excluding ortho intramolecular Hbond substituents is 1. The van der Waals surface area contributed by atoms with Gasteiger partial charge in [0.1, 0.15) is 6.04 Å². The average Bonchev–Trinajstić information content (AvgIpc) is 2.30. The maximum absolute atomic E-state index is 11.2. The number of nitrogens with one attached hydrogen (secondary N) is 1. The fraction of sp³-hybridized carbons (Fsp3) is 0.462. The van der Waals surface area contributed by atoms with Crippen LogP contribution in [0, 0.1) is 5.92 Å². The molecule has 18 heavy (non-hydrogen) atoms. The first kappa shape index (κ1) is 14.3. The summed E-state index contributed by atoms with van der Waals surface area (Å²) in [6.45, 7) is 4.60. The van der Waals surface area contributed by atoms with Crippen molar-refractivity contribution in [3.8, 4) is 11.5 Å². The predicted molar refractivity (Wildman–Crippen MR) is 67.9 cm³/mol. The first-order chi connectivity index (χ1) is 8.45. The van der Waals surface area contributed by atoms with Crippen LogP contribution in [0.3, 0.4) is 0 Å². The fourth-order valence-corrected chi connectivity index (χ4v) is 1.58. The SMILES string of the molecule is COc1cc(C(NCC(C)C)C(=O)O)ccc1O. The summed E-state index contributed by atoms with van der Waals surface area (Å²) in [5, 5.41) is 21.7. The van der Waals surface area contributed by atoms with Gasteiger partial charge in [0.2, 0.25) is 0 Å². The topological polar surface area (TPSA) is 78.8 Å². The van der Waals surface area contributed by atoms with Crippen molar-refractivity contribution in [1.29, 1.82) is 0 Å². The highest BCUT2D eigenvalue weighted by molar-refractivity contribution is 5.76. The van der Waals surface area contributed by atoms with E-state index >= 15 is 0 Å². The van der Waals surface area contributed by atoms with Gasteiger partial charge in [-0.05, 0) is 30.2 Å². The zero-order valence-electron chi connectivity index (χ0n) is 10.8. The van der Waals surface area contributed by atoms with E-state index in [0.717, 1.165) is 0 Å². The van der Waals surface area contributed by atoms with Crippen molar-refractivity contribution in [3.05, 3.63) is 23.8 Å². The third-order valence-corrected chi connectivity index (χ3v) is 2.51. The summed E-state index contributed by atoms with van der Waals surface area (Å²) in [6.07, 6.45) is 0. The van der Waals surface area contributed by atoms with E-state index in [9.17, 15) is 15.0 Å². The normalized spacial score (nSPS) is 12.4. The van der Waals surface area contributed by atoms with Gasteiger partial charge in [-0.1, -0.05) is 19.9 Å². The molecule has 1 unspecified atom stereocenters. The number of ether oxygens (including phenoxy) is 1. The van der Waals surface area contributed by atoms with Gasteiger partial charge in [-0.3, -0.25) is 4.79 Å². The molecule has 0 saturated heterocycles. The molecule has 5 heteroatoms. The quantitative estimate of drug-likeness (QED) is 0.720. The van der Waals surface area contributed by atoms with Crippen molar-refractivity contribution in [3.63, 3.8) is 0 Å². The monoisotopic (exact) mass is 253 g/mol. The lowest BCUT2D eigenvalue weighted by Crippen LogP contribution is -2.31. The second kappa shape index (κ2) is 6.26. The van der Waals surface area contributed by atoms with Gasteiger partial charge in [0, 0.05) is 0 Å². The molecule has 1 atom stereocenters. The average molecular weight is 253 g/mol. The molecule has 5 nitrogen and oxygen atoms in total. The number of hydrogen-bond acceptors (Lipinski definition) is 4. The van der Waals surface area contributed by atoms with Gasteiger partial charge >= 0.3 is 5.97 Å². The van der Waals surface area contributed by atoms with Crippen molar-refractivity contribution in [1.82, 2.24) is 5.32 Å². The summed E-state index contributed by atoms with van der Waals surface area (Å²) >= 11 is 0. The Morgan fingerprint density at radius 3 is 2.61 bits per heavy atom. The maximum Gasteiger partial charge on any atom is 0.325 e. The number of carboxylic acid groups (broad SMARTS) is 1. The summed E-state index contributed by atoms with van der Waals surface area (Å²) in [4.78, 5) is 11.2. The molecule has 0 saturated carbocycles. The van der Waals surface area contributed by atoms with Crippen molar-refractivity contribution in [2.75, 3.05) is 13.7 Å². The number of hydrogen-bond donors (Lipinski definition) is 3. The molecule has 0 amide bonds. The van der Waals surface area contributed by atoms with Crippen molar-refractivity contribution in [2.24, 2.45) is 5.92 Å². The fourth-order valence-electron chi connectivity index (χ4n) is 1.58. The van der Waals surface area contributed by atoms with Gasteiger partial charge < -0.3 is 20.3 Å². The predicted octanol–water partition coefficient (Wildman–Crippen LogP) is 1.77. The number of rotatable bonds is 6. The number of carboxylic acids is 1. The van der Waals surface area contributed by atoms with Gasteiger partial charge in [0.25, 0.3) is 0 Å². The van der Waals surface area contributed by atoms with Crippen LogP contribution in [0.1, 0.15) is 25.5 Å². The van der Waals surface area contributed by atoms with E-state index in [2.05, 4.69) is 5.32 Å². The zero-order chi connectivity index (χ0) is 13.7. The Balaban J connectivity index is 2.95. The Bertz CT molecular complexity index is 417. The molecule has 0 fully saturated rings. The van der Waals surface area contributed by atoms with Crippen LogP contribution in [0.5, 0.6) is 11.5 Å². The molecule has 0 spiro atoms. The number of aromatic hydroxyl groups is 1. The molecular formula is C13H19NO4. The van der Waals surface area contributed by atoms with Crippen LogP contribution in [-0.2, 0) is 4.79 Å². The lowest BCUT2D eigenvalue weighted by molar-refractivity contribution is -0.139. The highest BCUT2D eigenvalue weighted by Crippen LogP contribution is 2.29. The minimum Gasteiger partial charge on any atom is -0.504 e. The Hall–Kier alpha value is -1.75. The van der Waals surface area contributed by atoms with E-state index in [4.69, 9.17) is 4.74 Å². The van der Waals surface area contributed by atoms with Crippen LogP contribution in [0.15, 0.2) is 18.2 Å². The van der Waals surface area contributed by atoms with Gasteiger partial charge in [-0.2, -0.15) is 0 Å². The van der Waals surface area contributed by atoms with Gasteiger partial charge in [-0.25, -0.2) is 0 Å². The first-order valence-corrected chi connectivity index (χ1v) is 5.78. The summed E-state index contributed by atoms with van der Waals surface area (Å²) < 4.78 is 4.97. The molecule has 0 aliphatic rings. The lowest BCUT2D eigenvalue weighted by atomic mass is 10.1. The Morgan fingerprint density at radius 2 is 2.11 bits per heavy atom. The second-order valence-electron chi connectivity index (χ2n) is 4.50. The van der Waals surface area contributed by atoms with Crippen LogP contribution in [0.2, 0.25) is 0 Å². The molecule has 100 valence electrons. The van der Waals surface area contributed by atoms with E-state index in [-0.39, 0.29) is 11.5 Å². The number of carbonyl (C=O) groups is 1. The van der Waals surface area contributed by atoms with Crippen LogP contribution < -0.4 is 10.1 Å². The van der Waals surface area contributed by atoms with Gasteiger partial charge in [0.15, 0.2) is 11.5 Å². The number of phenols is 1. The lowest BCUT2D eigenvalue weighted by Gasteiger charge is -2.17. The Morgan fingerprint density at radius 1 is 1.44 bits per heavy atom. The maximum atomic E-state index is 11.2. The zero-order valence-corrected chi connectivity index (χ0v) is 10.8. The van der Waals surface area contributed by atoms with Crippen molar-refractivity contribution in [2.45, 2.75) is 19.9 Å². The van der Waals surface area contributed by atoms with Crippen LogP contribution in [0.25, 0.3) is 0 Å². The van der Waals surface area contributed by atoms with Crippen LogP contribution in [-0.4, -0.2) is 29.8 Å². The molecule has 0 radical (unpaired) electrons. The Labute approximate surface area is 106 Å². The van der Waals surface area contributed by atoms with E-state index in [1.165, 1.54) is 19.2 Å². The van der Waals surface area contributed by atoms with Gasteiger partial charge in [-0.15, -0.1) is 0 Å². The van der Waals surface area contributed by atoms with E-state index in [1.807, 2.05) is 13.8 Å². The highest BCUT2D eigenvalue weighted by atomic mass is 16.5. The summed E-state index contributed by atoms with van der Waals surface area (Å²) in [6, 6.07) is 3.73. The number of benzene rings is 1. The third-order valence-electron chi connectivity index (χ3n) is 2.51. The largest absolute Gasteiger partial charge is 0.504 e. The van der Waals surface area contributed by atoms with E-state index < -0.39 is 12.0 Å². The highest BCUT2D eigenvalue weighted by Gasteiger charge is 2.20. The first-order valence-electron chi connectivity index (χ1n) is 5.78. The van der Waals surface area contributed by atoms with E-state index in [1.54, 1.807) is 6.07 Å². The molecule has 1 aromatic carbocycles. The molecule has 0 aliphatic heterocycles. The minimum atomic E-state index is -0.955. The number of methoxy groups -OCH3 is 1. The summed E-state index contributed by atoms with van der Waals surface area (Å²) in [5.41, 5.74) is 0.554. The summed E-state index contributed by atoms with van der Waals surface area (Å²) in [5.74, 6) is -0.339. The molecule has 3 N–H and O–H groups in total. The second-order valence-corrected chi connectivity index (χ2v) is 4.50. The van der Waals surface area contributed by atoms with E-state index in [0.29, 0.717) is 18.0 Å². The van der Waals surface area contributed by atoms with Crippen molar-refractivity contribution >= 4 is 5.97 Å². The van der Waals surface area contributed by atoms with Crippen LogP contribution in [0.4, 0.5) is 0 Å². The molecule has 0 aliphatic carbocycles. The molecule has 0 heterocycles. The summed E-state index contributed by atoms with van der Waals surface area (Å²) in [7, 11) is 1.43. The number of aliphatic carboxylic acids is 1.